The van der Waals surface area contributed by atoms with Crippen LogP contribution in [0.15, 0.2) is 0 Å². The van der Waals surface area contributed by atoms with E-state index < -0.39 is 12.0 Å². The molecular formula is C12H23NO4. The number of carbonyl (C=O) groups excluding carboxylic acids is 1. The van der Waals surface area contributed by atoms with Crippen molar-refractivity contribution in [1.82, 2.24) is 4.90 Å². The summed E-state index contributed by atoms with van der Waals surface area (Å²) in [6, 6.07) is 0. The van der Waals surface area contributed by atoms with E-state index in [0.717, 1.165) is 13.1 Å². The number of carbonyl (C=O) groups is 1. The number of piperidine rings is 1. The van der Waals surface area contributed by atoms with Crippen LogP contribution in [-0.4, -0.2) is 61.5 Å². The second-order valence-corrected chi connectivity index (χ2v) is 4.71. The standard InChI is InChI=1S/C12H23NO4/c1-9(2)17-7-6-13-5-4-11(14)10(8-13)12(15)16-3/h9-11,14H,4-8H2,1-3H3/t10-,11-/m0/s1. The molecule has 1 rings (SSSR count). The summed E-state index contributed by atoms with van der Waals surface area (Å²) in [6.07, 6.45) is 0.257. The maximum absolute atomic E-state index is 11.5. The van der Waals surface area contributed by atoms with Gasteiger partial charge in [-0.15, -0.1) is 0 Å². The number of ether oxygens (including phenoxy) is 2. The van der Waals surface area contributed by atoms with Gasteiger partial charge < -0.3 is 14.6 Å². The van der Waals surface area contributed by atoms with E-state index in [4.69, 9.17) is 9.47 Å². The monoisotopic (exact) mass is 245 g/mol. The van der Waals surface area contributed by atoms with Gasteiger partial charge >= 0.3 is 5.97 Å². The van der Waals surface area contributed by atoms with Crippen LogP contribution in [0.2, 0.25) is 0 Å². The van der Waals surface area contributed by atoms with Crippen LogP contribution in [0.1, 0.15) is 20.3 Å². The molecule has 0 unspecified atom stereocenters. The number of rotatable bonds is 5. The van der Waals surface area contributed by atoms with Crippen molar-refractivity contribution in [1.29, 1.82) is 0 Å². The summed E-state index contributed by atoms with van der Waals surface area (Å²) < 4.78 is 10.2. The van der Waals surface area contributed by atoms with Crippen LogP contribution in [0.25, 0.3) is 0 Å². The molecule has 0 aromatic carbocycles. The molecular weight excluding hydrogens is 222 g/mol. The van der Waals surface area contributed by atoms with Crippen molar-refractivity contribution in [2.24, 2.45) is 5.92 Å². The molecule has 0 aromatic rings. The number of hydrogen-bond acceptors (Lipinski definition) is 5. The maximum atomic E-state index is 11.5. The second kappa shape index (κ2) is 6.93. The lowest BCUT2D eigenvalue weighted by atomic mass is 9.95. The Bertz CT molecular complexity index is 245. The molecule has 1 saturated heterocycles. The van der Waals surface area contributed by atoms with Gasteiger partial charge in [0.1, 0.15) is 0 Å². The Morgan fingerprint density at radius 3 is 2.82 bits per heavy atom. The van der Waals surface area contributed by atoms with Gasteiger partial charge in [-0.05, 0) is 20.3 Å². The molecule has 0 amide bonds. The number of esters is 1. The van der Waals surface area contributed by atoms with E-state index in [1.165, 1.54) is 7.11 Å². The third kappa shape index (κ3) is 4.61. The van der Waals surface area contributed by atoms with Crippen LogP contribution in [0.3, 0.4) is 0 Å². The Morgan fingerprint density at radius 1 is 1.53 bits per heavy atom. The van der Waals surface area contributed by atoms with E-state index in [1.807, 2.05) is 13.8 Å². The fourth-order valence-corrected chi connectivity index (χ4v) is 2.01. The van der Waals surface area contributed by atoms with Gasteiger partial charge in [0, 0.05) is 19.6 Å². The summed E-state index contributed by atoms with van der Waals surface area (Å²) in [4.78, 5) is 13.6. The summed E-state index contributed by atoms with van der Waals surface area (Å²) in [6.45, 7) is 6.79. The van der Waals surface area contributed by atoms with Crippen molar-refractivity contribution >= 4 is 5.97 Å². The molecule has 1 aliphatic rings. The van der Waals surface area contributed by atoms with Crippen LogP contribution < -0.4 is 0 Å². The zero-order chi connectivity index (χ0) is 12.8. The molecule has 5 heteroatoms. The molecule has 1 N–H and O–H groups in total. The SMILES string of the molecule is COC(=O)[C@H]1CN(CCOC(C)C)CC[C@@H]1O. The first kappa shape index (κ1) is 14.4. The van der Waals surface area contributed by atoms with E-state index in [0.29, 0.717) is 19.6 Å². The lowest BCUT2D eigenvalue weighted by molar-refractivity contribution is -0.152. The summed E-state index contributed by atoms with van der Waals surface area (Å²) in [5, 5.41) is 9.74. The average molecular weight is 245 g/mol. The van der Waals surface area contributed by atoms with E-state index in [9.17, 15) is 9.90 Å². The fraction of sp³-hybridized carbons (Fsp3) is 0.917. The summed E-state index contributed by atoms with van der Waals surface area (Å²) in [7, 11) is 1.36. The van der Waals surface area contributed by atoms with Gasteiger partial charge in [0.05, 0.1) is 31.8 Å². The molecule has 2 atom stereocenters. The number of aliphatic hydroxyl groups excluding tert-OH is 1. The Hall–Kier alpha value is -0.650. The largest absolute Gasteiger partial charge is 0.469 e. The first-order valence-electron chi connectivity index (χ1n) is 6.14. The van der Waals surface area contributed by atoms with E-state index in [-0.39, 0.29) is 12.1 Å². The highest BCUT2D eigenvalue weighted by molar-refractivity contribution is 5.73. The number of aliphatic hydroxyl groups is 1. The number of hydrogen-bond donors (Lipinski definition) is 1. The van der Waals surface area contributed by atoms with Gasteiger partial charge in [0.15, 0.2) is 0 Å². The highest BCUT2D eigenvalue weighted by Gasteiger charge is 2.33. The van der Waals surface area contributed by atoms with Gasteiger partial charge in [0.25, 0.3) is 0 Å². The summed E-state index contributed by atoms with van der Waals surface area (Å²) in [5.41, 5.74) is 0. The Labute approximate surface area is 103 Å². The first-order valence-corrected chi connectivity index (χ1v) is 6.14. The minimum atomic E-state index is -0.579. The predicted octanol–water partition coefficient (Wildman–Crippen LogP) is 0.267. The highest BCUT2D eigenvalue weighted by Crippen LogP contribution is 2.18. The van der Waals surface area contributed by atoms with Crippen LogP contribution >= 0.6 is 0 Å². The highest BCUT2D eigenvalue weighted by atomic mass is 16.5. The van der Waals surface area contributed by atoms with Gasteiger partial charge in [-0.3, -0.25) is 9.69 Å². The summed E-state index contributed by atoms with van der Waals surface area (Å²) in [5.74, 6) is -0.750. The zero-order valence-electron chi connectivity index (χ0n) is 10.9. The molecule has 0 aromatic heterocycles. The lowest BCUT2D eigenvalue weighted by Crippen LogP contribution is -2.47. The van der Waals surface area contributed by atoms with Crippen molar-refractivity contribution in [3.05, 3.63) is 0 Å². The van der Waals surface area contributed by atoms with E-state index in [1.54, 1.807) is 0 Å². The molecule has 1 heterocycles. The van der Waals surface area contributed by atoms with Gasteiger partial charge in [-0.2, -0.15) is 0 Å². The number of methoxy groups -OCH3 is 1. The predicted molar refractivity (Wildman–Crippen MR) is 63.7 cm³/mol. The quantitative estimate of drug-likeness (QED) is 0.704. The minimum absolute atomic E-state index is 0.224. The van der Waals surface area contributed by atoms with Crippen LogP contribution in [0.5, 0.6) is 0 Å². The van der Waals surface area contributed by atoms with Gasteiger partial charge in [0.2, 0.25) is 0 Å². The molecule has 1 fully saturated rings. The van der Waals surface area contributed by atoms with Gasteiger partial charge in [-0.1, -0.05) is 0 Å². The third-order valence-corrected chi connectivity index (χ3v) is 3.02. The van der Waals surface area contributed by atoms with Crippen molar-refractivity contribution < 1.29 is 19.4 Å². The maximum Gasteiger partial charge on any atom is 0.312 e. The minimum Gasteiger partial charge on any atom is -0.469 e. The average Bonchev–Trinajstić information content (AvgIpc) is 2.30. The molecule has 0 radical (unpaired) electrons. The smallest absolute Gasteiger partial charge is 0.312 e. The number of nitrogens with zero attached hydrogens (tertiary/aromatic N) is 1. The fourth-order valence-electron chi connectivity index (χ4n) is 2.01. The van der Waals surface area contributed by atoms with Crippen molar-refractivity contribution in [2.45, 2.75) is 32.5 Å². The van der Waals surface area contributed by atoms with Crippen molar-refractivity contribution in [2.75, 3.05) is 33.4 Å². The van der Waals surface area contributed by atoms with E-state index >= 15 is 0 Å². The molecule has 0 saturated carbocycles. The molecule has 5 nitrogen and oxygen atoms in total. The topological polar surface area (TPSA) is 59.0 Å². The molecule has 17 heavy (non-hydrogen) atoms. The zero-order valence-corrected chi connectivity index (χ0v) is 10.9. The molecule has 1 aliphatic heterocycles. The molecule has 100 valence electrons. The Kier molecular flexibility index (Phi) is 5.88. The number of likely N-dealkylation sites (tertiary alicyclic amines) is 1. The first-order chi connectivity index (χ1) is 8.04. The third-order valence-electron chi connectivity index (χ3n) is 3.02. The lowest BCUT2D eigenvalue weighted by Gasteiger charge is -2.34. The van der Waals surface area contributed by atoms with Crippen LogP contribution in [0, 0.1) is 5.92 Å². The molecule has 0 bridgehead atoms. The molecule has 0 aliphatic carbocycles. The Morgan fingerprint density at radius 2 is 2.24 bits per heavy atom. The second-order valence-electron chi connectivity index (χ2n) is 4.71. The van der Waals surface area contributed by atoms with Crippen LogP contribution in [-0.2, 0) is 14.3 Å². The van der Waals surface area contributed by atoms with Gasteiger partial charge in [-0.25, -0.2) is 0 Å². The molecule has 0 spiro atoms. The van der Waals surface area contributed by atoms with Crippen molar-refractivity contribution in [3.8, 4) is 0 Å². The Balaban J connectivity index is 2.36. The van der Waals surface area contributed by atoms with Crippen molar-refractivity contribution in [3.63, 3.8) is 0 Å². The summed E-state index contributed by atoms with van der Waals surface area (Å²) >= 11 is 0. The van der Waals surface area contributed by atoms with E-state index in [2.05, 4.69) is 4.90 Å². The normalized spacial score (nSPS) is 26.2. The van der Waals surface area contributed by atoms with Crippen LogP contribution in [0.4, 0.5) is 0 Å².